The lowest BCUT2D eigenvalue weighted by Crippen LogP contribution is -2.34. The van der Waals surface area contributed by atoms with Crippen LogP contribution in [0.3, 0.4) is 0 Å². The molecule has 0 spiro atoms. The minimum absolute atomic E-state index is 1.20. The fourth-order valence-corrected chi connectivity index (χ4v) is 2.08. The van der Waals surface area contributed by atoms with E-state index in [1.165, 1.54) is 65.0 Å². The summed E-state index contributed by atoms with van der Waals surface area (Å²) in [6, 6.07) is 0. The number of unbranched alkanes of at least 4 members (excludes halogenated alkanes) is 1. The fraction of sp³-hybridized carbons (Fsp3) is 1.00. The summed E-state index contributed by atoms with van der Waals surface area (Å²) in [6.45, 7) is 7.51. The van der Waals surface area contributed by atoms with Crippen LogP contribution in [0, 0.1) is 0 Å². The molecule has 0 unspecified atom stereocenters. The molecule has 1 rings (SSSR count). The molecular formula is C12H27N3. The standard InChI is InChI=1S/C12H27N3/c1-14(2)9-3-4-10-15-11-5-7-13-8-6-12-15/h13H,3-12H2,1-2H3. The molecule has 1 aliphatic rings. The van der Waals surface area contributed by atoms with Gasteiger partial charge in [-0.25, -0.2) is 0 Å². The van der Waals surface area contributed by atoms with Gasteiger partial charge < -0.3 is 15.1 Å². The normalized spacial score (nSPS) is 20.2. The monoisotopic (exact) mass is 213 g/mol. The number of rotatable bonds is 5. The van der Waals surface area contributed by atoms with E-state index in [1.807, 2.05) is 0 Å². The average Bonchev–Trinajstić information content (AvgIpc) is 2.14. The van der Waals surface area contributed by atoms with Crippen LogP contribution < -0.4 is 5.32 Å². The number of nitrogens with zero attached hydrogens (tertiary/aromatic N) is 2. The van der Waals surface area contributed by atoms with E-state index >= 15 is 0 Å². The van der Waals surface area contributed by atoms with E-state index in [2.05, 4.69) is 29.2 Å². The zero-order valence-corrected chi connectivity index (χ0v) is 10.5. The summed E-state index contributed by atoms with van der Waals surface area (Å²) < 4.78 is 0. The number of nitrogens with one attached hydrogen (secondary N) is 1. The lowest BCUT2D eigenvalue weighted by atomic mass is 10.2. The van der Waals surface area contributed by atoms with E-state index in [4.69, 9.17) is 0 Å². The second kappa shape index (κ2) is 8.08. The van der Waals surface area contributed by atoms with Crippen molar-refractivity contribution in [2.24, 2.45) is 0 Å². The zero-order valence-electron chi connectivity index (χ0n) is 10.5. The van der Waals surface area contributed by atoms with Crippen molar-refractivity contribution in [2.45, 2.75) is 25.7 Å². The fourth-order valence-electron chi connectivity index (χ4n) is 2.08. The van der Waals surface area contributed by atoms with E-state index < -0.39 is 0 Å². The largest absolute Gasteiger partial charge is 0.317 e. The van der Waals surface area contributed by atoms with E-state index in [0.29, 0.717) is 0 Å². The highest BCUT2D eigenvalue weighted by Gasteiger charge is 2.06. The summed E-state index contributed by atoms with van der Waals surface area (Å²) >= 11 is 0. The van der Waals surface area contributed by atoms with Crippen molar-refractivity contribution in [3.05, 3.63) is 0 Å². The van der Waals surface area contributed by atoms with Crippen molar-refractivity contribution >= 4 is 0 Å². The van der Waals surface area contributed by atoms with Gasteiger partial charge in [-0.05, 0) is 79.0 Å². The molecule has 90 valence electrons. The van der Waals surface area contributed by atoms with E-state index in [0.717, 1.165) is 0 Å². The third-order valence-corrected chi connectivity index (χ3v) is 2.99. The predicted octanol–water partition coefficient (Wildman–Crippen LogP) is 1.01. The van der Waals surface area contributed by atoms with Crippen molar-refractivity contribution in [3.63, 3.8) is 0 Å². The molecule has 1 saturated heterocycles. The van der Waals surface area contributed by atoms with Crippen LogP contribution >= 0.6 is 0 Å². The maximum Gasteiger partial charge on any atom is -0.000663 e. The first-order valence-electron chi connectivity index (χ1n) is 6.37. The Hall–Kier alpha value is -0.120. The third kappa shape index (κ3) is 6.88. The molecule has 1 heterocycles. The Bertz CT molecular complexity index is 140. The van der Waals surface area contributed by atoms with Crippen molar-refractivity contribution in [3.8, 4) is 0 Å². The van der Waals surface area contributed by atoms with Gasteiger partial charge in [0.1, 0.15) is 0 Å². The quantitative estimate of drug-likeness (QED) is 0.688. The minimum atomic E-state index is 1.20. The van der Waals surface area contributed by atoms with Crippen LogP contribution in [0.5, 0.6) is 0 Å². The van der Waals surface area contributed by atoms with Crippen LogP contribution in [0.4, 0.5) is 0 Å². The highest BCUT2D eigenvalue weighted by molar-refractivity contribution is 4.64. The maximum atomic E-state index is 3.46. The van der Waals surface area contributed by atoms with Crippen LogP contribution in [0.2, 0.25) is 0 Å². The topological polar surface area (TPSA) is 18.5 Å². The van der Waals surface area contributed by atoms with Gasteiger partial charge in [0.25, 0.3) is 0 Å². The van der Waals surface area contributed by atoms with Gasteiger partial charge in [-0.3, -0.25) is 0 Å². The summed E-state index contributed by atoms with van der Waals surface area (Å²) in [7, 11) is 4.31. The smallest absolute Gasteiger partial charge is 0.000663 e. The molecule has 0 aromatic rings. The first-order valence-corrected chi connectivity index (χ1v) is 6.37. The third-order valence-electron chi connectivity index (χ3n) is 2.99. The molecular weight excluding hydrogens is 186 g/mol. The van der Waals surface area contributed by atoms with Crippen molar-refractivity contribution in [1.29, 1.82) is 0 Å². The second-order valence-corrected chi connectivity index (χ2v) is 4.81. The van der Waals surface area contributed by atoms with Crippen molar-refractivity contribution in [2.75, 3.05) is 53.4 Å². The van der Waals surface area contributed by atoms with Gasteiger partial charge in [-0.15, -0.1) is 0 Å². The molecule has 1 fully saturated rings. The van der Waals surface area contributed by atoms with E-state index in [9.17, 15) is 0 Å². The van der Waals surface area contributed by atoms with Crippen molar-refractivity contribution in [1.82, 2.24) is 15.1 Å². The van der Waals surface area contributed by atoms with Crippen molar-refractivity contribution < 1.29 is 0 Å². The Morgan fingerprint density at radius 2 is 1.73 bits per heavy atom. The molecule has 0 aliphatic carbocycles. The van der Waals surface area contributed by atoms with Crippen LogP contribution in [0.25, 0.3) is 0 Å². The van der Waals surface area contributed by atoms with Crippen LogP contribution in [-0.4, -0.2) is 63.2 Å². The van der Waals surface area contributed by atoms with Gasteiger partial charge in [0.2, 0.25) is 0 Å². The Kier molecular flexibility index (Phi) is 6.98. The van der Waals surface area contributed by atoms with E-state index in [-0.39, 0.29) is 0 Å². The van der Waals surface area contributed by atoms with Gasteiger partial charge in [0.15, 0.2) is 0 Å². The Morgan fingerprint density at radius 3 is 2.33 bits per heavy atom. The zero-order chi connectivity index (χ0) is 10.9. The van der Waals surface area contributed by atoms with Crippen LogP contribution in [-0.2, 0) is 0 Å². The summed E-state index contributed by atoms with van der Waals surface area (Å²) in [5, 5.41) is 3.46. The second-order valence-electron chi connectivity index (χ2n) is 4.81. The lowest BCUT2D eigenvalue weighted by Gasteiger charge is -2.25. The molecule has 0 aromatic carbocycles. The van der Waals surface area contributed by atoms with Gasteiger partial charge in [-0.1, -0.05) is 0 Å². The molecule has 0 bridgehead atoms. The van der Waals surface area contributed by atoms with Gasteiger partial charge >= 0.3 is 0 Å². The molecule has 0 radical (unpaired) electrons. The predicted molar refractivity (Wildman–Crippen MR) is 66.3 cm³/mol. The molecule has 3 nitrogen and oxygen atoms in total. The molecule has 0 atom stereocenters. The van der Waals surface area contributed by atoms with Gasteiger partial charge in [0, 0.05) is 0 Å². The first kappa shape index (κ1) is 12.9. The summed E-state index contributed by atoms with van der Waals surface area (Å²) in [5.41, 5.74) is 0. The average molecular weight is 213 g/mol. The summed E-state index contributed by atoms with van der Waals surface area (Å²) in [6.07, 6.45) is 5.31. The minimum Gasteiger partial charge on any atom is -0.317 e. The highest BCUT2D eigenvalue weighted by atomic mass is 15.1. The molecule has 0 amide bonds. The lowest BCUT2D eigenvalue weighted by molar-refractivity contribution is 0.243. The Morgan fingerprint density at radius 1 is 1.07 bits per heavy atom. The maximum absolute atomic E-state index is 3.46. The Labute approximate surface area is 94.8 Å². The molecule has 1 N–H and O–H groups in total. The Balaban J connectivity index is 2.02. The SMILES string of the molecule is CN(C)CCCCN1CCCNCCC1. The van der Waals surface area contributed by atoms with E-state index in [1.54, 1.807) is 0 Å². The molecule has 1 aliphatic heterocycles. The first-order chi connectivity index (χ1) is 7.29. The summed E-state index contributed by atoms with van der Waals surface area (Å²) in [5.74, 6) is 0. The number of hydrogen-bond donors (Lipinski definition) is 1. The van der Waals surface area contributed by atoms with Crippen LogP contribution in [0.1, 0.15) is 25.7 Å². The molecule has 0 saturated carbocycles. The molecule has 0 aromatic heterocycles. The van der Waals surface area contributed by atoms with Crippen LogP contribution in [0.15, 0.2) is 0 Å². The number of hydrogen-bond acceptors (Lipinski definition) is 3. The summed E-state index contributed by atoms with van der Waals surface area (Å²) in [4.78, 5) is 4.91. The van der Waals surface area contributed by atoms with Gasteiger partial charge in [0.05, 0.1) is 0 Å². The van der Waals surface area contributed by atoms with Gasteiger partial charge in [-0.2, -0.15) is 0 Å². The molecule has 15 heavy (non-hydrogen) atoms. The molecule has 3 heteroatoms. The highest BCUT2D eigenvalue weighted by Crippen LogP contribution is 2.01.